The second-order valence-electron chi connectivity index (χ2n) is 12.3. The van der Waals surface area contributed by atoms with Crippen LogP contribution in [0.3, 0.4) is 0 Å². The van der Waals surface area contributed by atoms with Crippen LogP contribution >= 0.6 is 66.7 Å². The Morgan fingerprint density at radius 2 is 1.11 bits per heavy atom. The lowest BCUT2D eigenvalue weighted by Crippen LogP contribution is -2.09. The average Bonchev–Trinajstić information content (AvgIpc) is 3.10. The van der Waals surface area contributed by atoms with Crippen LogP contribution in [0.1, 0.15) is 67.3 Å². The fourth-order valence-corrected chi connectivity index (χ4v) is 7.43. The molecule has 0 bridgehead atoms. The maximum atomic E-state index is 13.2. The van der Waals surface area contributed by atoms with E-state index in [0.29, 0.717) is 66.1 Å². The molecule has 8 nitrogen and oxygen atoms in total. The van der Waals surface area contributed by atoms with E-state index in [2.05, 4.69) is 49.4 Å². The average molecular weight is 956 g/mol. The molecule has 0 fully saturated rings. The fourth-order valence-electron chi connectivity index (χ4n) is 5.02. The third-order valence-electron chi connectivity index (χ3n) is 7.57. The molecule has 0 saturated heterocycles. The number of hydrogen-bond donors (Lipinski definition) is 4. The minimum absolute atomic E-state index is 0.00312. The second-order valence-corrected chi connectivity index (χ2v) is 15.2. The van der Waals surface area contributed by atoms with E-state index in [1.165, 1.54) is 0 Å². The normalized spacial score (nSPS) is 11.0. The zero-order chi connectivity index (χ0) is 40.7. The highest BCUT2D eigenvalue weighted by atomic mass is 79.9. The van der Waals surface area contributed by atoms with Crippen molar-refractivity contribution >= 4 is 90.0 Å². The molecule has 0 unspecified atom stereocenters. The van der Waals surface area contributed by atoms with E-state index in [1.807, 2.05) is 25.1 Å². The van der Waals surface area contributed by atoms with Crippen LogP contribution in [-0.4, -0.2) is 35.2 Å². The van der Waals surface area contributed by atoms with Gasteiger partial charge in [-0.05, 0) is 140 Å². The molecule has 298 valence electrons. The van der Waals surface area contributed by atoms with Crippen LogP contribution in [0.5, 0.6) is 11.5 Å². The Balaban J connectivity index is 0.000000297. The van der Waals surface area contributed by atoms with Crippen molar-refractivity contribution in [2.24, 2.45) is 0 Å². The Morgan fingerprint density at radius 1 is 0.655 bits per heavy atom. The van der Waals surface area contributed by atoms with Gasteiger partial charge < -0.3 is 30.3 Å². The van der Waals surface area contributed by atoms with Crippen LogP contribution in [0.2, 0.25) is 15.1 Å². The van der Waals surface area contributed by atoms with Gasteiger partial charge in [-0.2, -0.15) is 13.2 Å². The van der Waals surface area contributed by atoms with Crippen molar-refractivity contribution in [2.75, 3.05) is 23.7 Å². The van der Waals surface area contributed by atoms with E-state index in [-0.39, 0.29) is 26.1 Å². The van der Waals surface area contributed by atoms with Gasteiger partial charge in [0.1, 0.15) is 19.0 Å². The lowest BCUT2D eigenvalue weighted by molar-refractivity contribution is -0.138. The van der Waals surface area contributed by atoms with Gasteiger partial charge in [-0.1, -0.05) is 48.7 Å². The van der Waals surface area contributed by atoms with Gasteiger partial charge in [-0.15, -0.1) is 0 Å². The van der Waals surface area contributed by atoms with Crippen LogP contribution in [0, 0.1) is 0 Å². The SMILES string of the molecule is CCCNc1cc(COc2c(Br)cc(CCC(=O)O)cc2Br)cc(C(F)(F)F)c1.CCCNc1cc(Cl)cc(COc2c(Cl)cc(CCC(=O)O)cc2Cl)c1. The predicted molar refractivity (Wildman–Crippen MR) is 219 cm³/mol. The molecule has 4 rings (SSSR count). The molecule has 0 heterocycles. The maximum absolute atomic E-state index is 13.2. The summed E-state index contributed by atoms with van der Waals surface area (Å²) in [6.07, 6.45) is -1.93. The van der Waals surface area contributed by atoms with Crippen LogP contribution in [0.4, 0.5) is 24.5 Å². The Labute approximate surface area is 349 Å². The van der Waals surface area contributed by atoms with Gasteiger partial charge in [-0.25, -0.2) is 0 Å². The Morgan fingerprint density at radius 3 is 1.58 bits per heavy atom. The number of halogens is 8. The summed E-state index contributed by atoms with van der Waals surface area (Å²) in [6.45, 7) is 5.64. The number of alkyl halides is 3. The van der Waals surface area contributed by atoms with E-state index in [1.54, 1.807) is 30.3 Å². The molecule has 0 saturated carbocycles. The number of carbonyl (C=O) groups is 2. The van der Waals surface area contributed by atoms with Crippen molar-refractivity contribution < 1.29 is 42.4 Å². The third-order valence-corrected chi connectivity index (χ3v) is 9.53. The summed E-state index contributed by atoms with van der Waals surface area (Å²) in [5, 5.41) is 25.2. The molecule has 55 heavy (non-hydrogen) atoms. The molecule has 0 amide bonds. The number of rotatable bonds is 18. The Kier molecular flexibility index (Phi) is 18.7. The first-order valence-corrected chi connectivity index (χ1v) is 19.8. The number of aliphatic carboxylic acids is 2. The maximum Gasteiger partial charge on any atom is 0.416 e. The molecule has 0 aliphatic heterocycles. The van der Waals surface area contributed by atoms with Crippen molar-refractivity contribution in [3.8, 4) is 11.5 Å². The number of carboxylic acid groups (broad SMARTS) is 2. The van der Waals surface area contributed by atoms with E-state index in [4.69, 9.17) is 54.5 Å². The first-order chi connectivity index (χ1) is 26.0. The van der Waals surface area contributed by atoms with E-state index < -0.39 is 23.7 Å². The van der Waals surface area contributed by atoms with E-state index in [9.17, 15) is 22.8 Å². The molecular weight excluding hydrogens is 916 g/mol. The molecule has 0 aromatic heterocycles. The lowest BCUT2D eigenvalue weighted by atomic mass is 10.1. The fraction of sp³-hybridized carbons (Fsp3) is 0.333. The summed E-state index contributed by atoms with van der Waals surface area (Å²) in [5.41, 5.74) is 3.40. The Bertz CT molecular complexity index is 1890. The molecule has 16 heteroatoms. The molecule has 0 atom stereocenters. The standard InChI is InChI=1S/C20H20Br2F3NO3.C19H20Cl3NO3/c1-2-5-26-15-7-13(6-14(10-15)20(23,24)25)11-29-19-16(21)8-12(9-17(19)22)3-4-18(27)28;1-2-5-23-15-7-13(6-14(20)10-15)11-26-19-16(21)8-12(9-17(19)22)3-4-18(24)25/h6-10,26H,2-5,11H2,1H3,(H,27,28);6-10,23H,2-5,11H2,1H3,(H,24,25). The quantitative estimate of drug-likeness (QED) is 0.0779. The number of ether oxygens (including phenoxy) is 2. The number of nitrogens with one attached hydrogen (secondary N) is 2. The first kappa shape index (κ1) is 46.0. The molecule has 4 aromatic carbocycles. The van der Waals surface area contributed by atoms with Crippen LogP contribution in [0.15, 0.2) is 69.6 Å². The molecule has 0 aliphatic carbocycles. The molecule has 4 N–H and O–H groups in total. The molecule has 0 spiro atoms. The lowest BCUT2D eigenvalue weighted by Gasteiger charge is -2.15. The van der Waals surface area contributed by atoms with Gasteiger partial charge in [0.15, 0.2) is 5.75 Å². The highest BCUT2D eigenvalue weighted by Gasteiger charge is 2.31. The zero-order valence-electron chi connectivity index (χ0n) is 29.9. The second kappa shape index (κ2) is 22.4. The van der Waals surface area contributed by atoms with Crippen molar-refractivity contribution in [1.29, 1.82) is 0 Å². The Hall–Kier alpha value is -3.36. The molecular formula is C39H40Br2Cl3F3N2O6. The smallest absolute Gasteiger partial charge is 0.416 e. The van der Waals surface area contributed by atoms with Gasteiger partial charge in [0.2, 0.25) is 0 Å². The molecule has 4 aromatic rings. The summed E-state index contributed by atoms with van der Waals surface area (Å²) < 4.78 is 52.3. The topological polar surface area (TPSA) is 117 Å². The summed E-state index contributed by atoms with van der Waals surface area (Å²) in [6, 6.07) is 16.3. The third kappa shape index (κ3) is 16.0. The summed E-state index contributed by atoms with van der Waals surface area (Å²) in [4.78, 5) is 21.4. The summed E-state index contributed by atoms with van der Waals surface area (Å²) >= 11 is 25.4. The highest BCUT2D eigenvalue weighted by Crippen LogP contribution is 2.38. The number of anilines is 2. The van der Waals surface area contributed by atoms with Crippen molar-refractivity contribution in [2.45, 2.75) is 71.8 Å². The monoisotopic (exact) mass is 952 g/mol. The van der Waals surface area contributed by atoms with Gasteiger partial charge >= 0.3 is 18.1 Å². The van der Waals surface area contributed by atoms with Crippen molar-refractivity contribution in [3.05, 3.63) is 112 Å². The number of aryl methyl sites for hydroxylation is 2. The van der Waals surface area contributed by atoms with E-state index >= 15 is 0 Å². The largest absolute Gasteiger partial charge is 0.487 e. The summed E-state index contributed by atoms with van der Waals surface area (Å²) in [5.74, 6) is -0.958. The molecule has 0 aliphatic rings. The minimum Gasteiger partial charge on any atom is -0.487 e. The number of carboxylic acids is 2. The number of hydrogen-bond acceptors (Lipinski definition) is 6. The van der Waals surface area contributed by atoms with Crippen LogP contribution in [0.25, 0.3) is 0 Å². The van der Waals surface area contributed by atoms with Gasteiger partial charge in [0.25, 0.3) is 0 Å². The first-order valence-electron chi connectivity index (χ1n) is 17.1. The highest BCUT2D eigenvalue weighted by molar-refractivity contribution is 9.11. The zero-order valence-corrected chi connectivity index (χ0v) is 35.3. The van der Waals surface area contributed by atoms with Crippen LogP contribution in [-0.2, 0) is 41.8 Å². The molecule has 0 radical (unpaired) electrons. The van der Waals surface area contributed by atoms with Crippen molar-refractivity contribution in [3.63, 3.8) is 0 Å². The van der Waals surface area contributed by atoms with Crippen molar-refractivity contribution in [1.82, 2.24) is 0 Å². The van der Waals surface area contributed by atoms with Crippen LogP contribution < -0.4 is 20.1 Å². The van der Waals surface area contributed by atoms with Gasteiger partial charge in [0, 0.05) is 42.3 Å². The van der Waals surface area contributed by atoms with E-state index in [0.717, 1.165) is 53.9 Å². The predicted octanol–water partition coefficient (Wildman–Crippen LogP) is 12.7. The minimum atomic E-state index is -4.45. The summed E-state index contributed by atoms with van der Waals surface area (Å²) in [7, 11) is 0. The van der Waals surface area contributed by atoms with Gasteiger partial charge in [-0.3, -0.25) is 9.59 Å². The van der Waals surface area contributed by atoms with Gasteiger partial charge in [0.05, 0.1) is 24.6 Å². The number of benzene rings is 4.